The normalized spacial score (nSPS) is 22.6. The van der Waals surface area contributed by atoms with Crippen LogP contribution in [0.25, 0.3) is 6.08 Å². The van der Waals surface area contributed by atoms with E-state index in [4.69, 9.17) is 21.4 Å². The third-order valence-electron chi connectivity index (χ3n) is 5.62. The summed E-state index contributed by atoms with van der Waals surface area (Å²) in [7, 11) is 0. The first-order chi connectivity index (χ1) is 14.0. The summed E-state index contributed by atoms with van der Waals surface area (Å²) in [5.41, 5.74) is 1.94. The molecule has 2 aliphatic rings. The van der Waals surface area contributed by atoms with Crippen LogP contribution in [-0.4, -0.2) is 55.3 Å². The Kier molecular flexibility index (Phi) is 5.87. The number of ketones is 1. The molecular weight excluding hydrogens is 392 g/mol. The van der Waals surface area contributed by atoms with E-state index in [0.717, 1.165) is 38.3 Å². The van der Waals surface area contributed by atoms with Crippen molar-refractivity contribution in [2.45, 2.75) is 6.54 Å². The van der Waals surface area contributed by atoms with Gasteiger partial charge in [0.2, 0.25) is 5.78 Å². The minimum atomic E-state index is -0.187. The molecule has 1 saturated heterocycles. The highest BCUT2D eigenvalue weighted by Crippen LogP contribution is 2.39. The minimum absolute atomic E-state index is 0.151. The van der Waals surface area contributed by atoms with Crippen LogP contribution in [0, 0.1) is 0 Å². The number of hydrogen-bond donors (Lipinski definition) is 4. The van der Waals surface area contributed by atoms with E-state index in [1.807, 2.05) is 12.1 Å². The SMILES string of the molecule is O=C1/C(=C\c2cccc(Cl)c2)Oc2c1ccc(O)c2C[NH+]1CC[NH+](CCO)CC1. The zero-order chi connectivity index (χ0) is 20.4. The number of aliphatic hydroxyl groups excluding tert-OH is 1. The lowest BCUT2D eigenvalue weighted by Gasteiger charge is -2.29. The number of rotatable bonds is 5. The Balaban J connectivity index is 1.55. The van der Waals surface area contributed by atoms with Gasteiger partial charge in [0, 0.05) is 5.02 Å². The number of benzene rings is 2. The van der Waals surface area contributed by atoms with Gasteiger partial charge >= 0.3 is 0 Å². The number of Topliss-reactive ketones (excluding diaryl/α,β-unsaturated/α-hetero) is 1. The third-order valence-corrected chi connectivity index (χ3v) is 5.85. The van der Waals surface area contributed by atoms with Gasteiger partial charge < -0.3 is 24.7 Å². The molecule has 0 amide bonds. The number of aliphatic hydroxyl groups is 1. The molecule has 0 aromatic heterocycles. The van der Waals surface area contributed by atoms with Crippen molar-refractivity contribution in [1.82, 2.24) is 0 Å². The summed E-state index contributed by atoms with van der Waals surface area (Å²) in [5, 5.41) is 20.2. The predicted octanol–water partition coefficient (Wildman–Crippen LogP) is -0.0625. The largest absolute Gasteiger partial charge is 0.507 e. The summed E-state index contributed by atoms with van der Waals surface area (Å²) >= 11 is 6.03. The molecule has 4 N–H and O–H groups in total. The molecule has 4 rings (SSSR count). The van der Waals surface area contributed by atoms with Gasteiger partial charge in [-0.1, -0.05) is 23.7 Å². The minimum Gasteiger partial charge on any atom is -0.507 e. The third kappa shape index (κ3) is 4.31. The smallest absolute Gasteiger partial charge is 0.231 e. The molecule has 2 aliphatic heterocycles. The van der Waals surface area contributed by atoms with Gasteiger partial charge in [0.25, 0.3) is 0 Å². The molecule has 1 fully saturated rings. The van der Waals surface area contributed by atoms with Crippen LogP contribution in [0.5, 0.6) is 11.5 Å². The van der Waals surface area contributed by atoms with E-state index < -0.39 is 0 Å². The molecule has 0 atom stereocenters. The molecule has 2 heterocycles. The van der Waals surface area contributed by atoms with Crippen LogP contribution in [0.15, 0.2) is 42.2 Å². The fourth-order valence-corrected chi connectivity index (χ4v) is 4.21. The highest BCUT2D eigenvalue weighted by atomic mass is 35.5. The Hall–Kier alpha value is -2.38. The number of quaternary nitrogens is 2. The van der Waals surface area contributed by atoms with Crippen molar-refractivity contribution >= 4 is 23.5 Å². The molecular formula is C22H25ClN2O4+2. The molecule has 0 spiro atoms. The lowest BCUT2D eigenvalue weighted by atomic mass is 10.0. The van der Waals surface area contributed by atoms with Crippen LogP contribution in [0.1, 0.15) is 21.5 Å². The molecule has 152 valence electrons. The van der Waals surface area contributed by atoms with E-state index in [2.05, 4.69) is 0 Å². The summed E-state index contributed by atoms with van der Waals surface area (Å²) in [4.78, 5) is 15.5. The summed E-state index contributed by atoms with van der Waals surface area (Å²) in [6, 6.07) is 10.4. The second-order valence-corrected chi connectivity index (χ2v) is 8.02. The molecule has 0 aliphatic carbocycles. The van der Waals surface area contributed by atoms with Gasteiger partial charge in [-0.3, -0.25) is 4.79 Å². The highest BCUT2D eigenvalue weighted by molar-refractivity contribution is 6.30. The summed E-state index contributed by atoms with van der Waals surface area (Å²) in [6.07, 6.45) is 1.68. The number of phenolic OH excluding ortho intramolecular Hbond substituents is 1. The molecule has 2 aromatic rings. The van der Waals surface area contributed by atoms with E-state index >= 15 is 0 Å². The van der Waals surface area contributed by atoms with Crippen molar-refractivity contribution in [1.29, 1.82) is 0 Å². The number of ether oxygens (including phenoxy) is 1. The lowest BCUT2D eigenvalue weighted by Crippen LogP contribution is -3.27. The molecule has 2 aromatic carbocycles. The van der Waals surface area contributed by atoms with E-state index in [1.165, 1.54) is 9.80 Å². The number of halogens is 1. The second-order valence-electron chi connectivity index (χ2n) is 7.59. The molecule has 6 nitrogen and oxygen atoms in total. The van der Waals surface area contributed by atoms with E-state index in [0.29, 0.717) is 28.4 Å². The molecule has 0 saturated carbocycles. The number of nitrogens with one attached hydrogen (secondary N) is 2. The van der Waals surface area contributed by atoms with Crippen LogP contribution in [0.3, 0.4) is 0 Å². The fraction of sp³-hybridized carbons (Fsp3) is 0.318. The maximum absolute atomic E-state index is 12.8. The van der Waals surface area contributed by atoms with Gasteiger partial charge in [0.1, 0.15) is 45.0 Å². The van der Waals surface area contributed by atoms with Gasteiger partial charge in [0.15, 0.2) is 11.5 Å². The van der Waals surface area contributed by atoms with Crippen molar-refractivity contribution in [2.24, 2.45) is 0 Å². The first-order valence-electron chi connectivity index (χ1n) is 9.88. The van der Waals surface area contributed by atoms with Crippen molar-refractivity contribution in [3.8, 4) is 11.5 Å². The number of allylic oxidation sites excluding steroid dienone is 1. The van der Waals surface area contributed by atoms with Crippen LogP contribution in [-0.2, 0) is 6.54 Å². The second kappa shape index (κ2) is 8.55. The number of hydrogen-bond acceptors (Lipinski definition) is 4. The first-order valence-corrected chi connectivity index (χ1v) is 10.3. The molecule has 7 heteroatoms. The molecule has 0 bridgehead atoms. The zero-order valence-corrected chi connectivity index (χ0v) is 16.8. The van der Waals surface area contributed by atoms with Crippen molar-refractivity contribution in [3.05, 3.63) is 63.9 Å². The Labute approximate surface area is 174 Å². The summed E-state index contributed by atoms with van der Waals surface area (Å²) in [5.74, 6) is 0.661. The highest BCUT2D eigenvalue weighted by Gasteiger charge is 2.33. The quantitative estimate of drug-likeness (QED) is 0.515. The number of carbonyl (C=O) groups is 1. The summed E-state index contributed by atoms with van der Waals surface area (Å²) < 4.78 is 5.93. The van der Waals surface area contributed by atoms with Crippen LogP contribution < -0.4 is 14.5 Å². The zero-order valence-electron chi connectivity index (χ0n) is 16.1. The Bertz CT molecular complexity index is 952. The van der Waals surface area contributed by atoms with Gasteiger partial charge in [-0.05, 0) is 35.9 Å². The number of fused-ring (bicyclic) bond motifs is 1. The first kappa shape index (κ1) is 19.9. The average Bonchev–Trinajstić information content (AvgIpc) is 3.01. The molecule has 0 unspecified atom stereocenters. The van der Waals surface area contributed by atoms with Gasteiger partial charge in [0.05, 0.1) is 17.7 Å². The summed E-state index contributed by atoms with van der Waals surface area (Å²) in [6.45, 7) is 5.41. The predicted molar refractivity (Wildman–Crippen MR) is 110 cm³/mol. The van der Waals surface area contributed by atoms with Crippen LogP contribution >= 0.6 is 11.6 Å². The number of piperazine rings is 1. The van der Waals surface area contributed by atoms with Crippen molar-refractivity contribution in [2.75, 3.05) is 39.3 Å². The maximum Gasteiger partial charge on any atom is 0.231 e. The lowest BCUT2D eigenvalue weighted by molar-refractivity contribution is -1.02. The monoisotopic (exact) mass is 416 g/mol. The van der Waals surface area contributed by atoms with Crippen LogP contribution in [0.2, 0.25) is 5.02 Å². The number of aromatic hydroxyl groups is 1. The Morgan fingerprint density at radius 1 is 1.10 bits per heavy atom. The van der Waals surface area contributed by atoms with Crippen molar-refractivity contribution < 1.29 is 29.5 Å². The van der Waals surface area contributed by atoms with Crippen LogP contribution in [0.4, 0.5) is 0 Å². The Morgan fingerprint density at radius 3 is 2.59 bits per heavy atom. The van der Waals surface area contributed by atoms with E-state index in [9.17, 15) is 9.90 Å². The van der Waals surface area contributed by atoms with E-state index in [-0.39, 0.29) is 23.9 Å². The van der Waals surface area contributed by atoms with E-state index in [1.54, 1.807) is 30.3 Å². The van der Waals surface area contributed by atoms with Crippen molar-refractivity contribution in [3.63, 3.8) is 0 Å². The molecule has 0 radical (unpaired) electrons. The van der Waals surface area contributed by atoms with Gasteiger partial charge in [-0.2, -0.15) is 0 Å². The van der Waals surface area contributed by atoms with Gasteiger partial charge in [-0.15, -0.1) is 0 Å². The number of phenols is 1. The van der Waals surface area contributed by atoms with Gasteiger partial charge in [-0.25, -0.2) is 0 Å². The maximum atomic E-state index is 12.8. The standard InChI is InChI=1S/C22H23ClN2O4/c23-16-3-1-2-15(12-16)13-20-21(28)17-4-5-19(27)18(22(17)29-20)14-25-8-6-24(7-9-25)10-11-26/h1-5,12-13,26-27H,6-11,14H2/p+2/b20-13+. The Morgan fingerprint density at radius 2 is 1.86 bits per heavy atom. The fourth-order valence-electron chi connectivity index (χ4n) is 4.01. The topological polar surface area (TPSA) is 75.6 Å². The molecule has 29 heavy (non-hydrogen) atoms. The number of carbonyl (C=O) groups excluding carboxylic acids is 1. The average molecular weight is 417 g/mol.